The number of benzene rings is 1. The number of nitrogens with two attached hydrogens (primary N) is 1. The largest absolute Gasteiger partial charge is 0.363 e. The van der Waals surface area contributed by atoms with Crippen LogP contribution in [0.2, 0.25) is 0 Å². The van der Waals surface area contributed by atoms with E-state index in [1.54, 1.807) is 0 Å². The maximum absolute atomic E-state index is 5.89. The summed E-state index contributed by atoms with van der Waals surface area (Å²) >= 11 is 5.40. The van der Waals surface area contributed by atoms with E-state index in [1.807, 2.05) is 11.3 Å². The van der Waals surface area contributed by atoms with Crippen LogP contribution in [0.3, 0.4) is 0 Å². The third kappa shape index (κ3) is 3.02. The molecule has 19 heavy (non-hydrogen) atoms. The minimum absolute atomic E-state index is 0.594. The topological polar surface area (TPSA) is 29.3 Å². The number of hydrogen-bond acceptors (Lipinski definition) is 3. The summed E-state index contributed by atoms with van der Waals surface area (Å²) in [4.78, 5) is 3.92. The zero-order valence-corrected chi connectivity index (χ0v) is 13.1. The van der Waals surface area contributed by atoms with E-state index in [0.29, 0.717) is 12.6 Å². The Morgan fingerprint density at radius 2 is 2.16 bits per heavy atom. The molecule has 3 rings (SSSR count). The molecular formula is C15H17BrN2S. The Balaban J connectivity index is 1.93. The lowest BCUT2D eigenvalue weighted by Crippen LogP contribution is -2.26. The van der Waals surface area contributed by atoms with E-state index < -0.39 is 0 Å². The van der Waals surface area contributed by atoms with Crippen molar-refractivity contribution in [2.24, 2.45) is 5.73 Å². The normalized spacial score (nSPS) is 14.6. The van der Waals surface area contributed by atoms with Crippen LogP contribution in [0.25, 0.3) is 0 Å². The Kier molecular flexibility index (Phi) is 3.91. The highest BCUT2D eigenvalue weighted by molar-refractivity contribution is 9.10. The van der Waals surface area contributed by atoms with Gasteiger partial charge in [-0.3, -0.25) is 0 Å². The molecule has 100 valence electrons. The van der Waals surface area contributed by atoms with Gasteiger partial charge >= 0.3 is 0 Å². The molecule has 1 aromatic carbocycles. The van der Waals surface area contributed by atoms with Gasteiger partial charge in [0.15, 0.2) is 0 Å². The molecule has 1 saturated carbocycles. The molecule has 4 heteroatoms. The van der Waals surface area contributed by atoms with Gasteiger partial charge in [0, 0.05) is 27.6 Å². The van der Waals surface area contributed by atoms with E-state index in [-0.39, 0.29) is 0 Å². The summed E-state index contributed by atoms with van der Waals surface area (Å²) in [6, 6.07) is 11.4. The second-order valence-corrected chi connectivity index (χ2v) is 6.86. The highest BCUT2D eigenvalue weighted by Crippen LogP contribution is 2.36. The molecule has 1 fully saturated rings. The fourth-order valence-corrected chi connectivity index (χ4v) is 3.40. The second kappa shape index (κ2) is 5.65. The molecule has 0 bridgehead atoms. The van der Waals surface area contributed by atoms with E-state index in [4.69, 9.17) is 5.73 Å². The molecule has 0 atom stereocenters. The predicted molar refractivity (Wildman–Crippen MR) is 85.6 cm³/mol. The minimum atomic E-state index is 0.594. The predicted octanol–water partition coefficient (Wildman–Crippen LogP) is 4.14. The zero-order chi connectivity index (χ0) is 13.2. The van der Waals surface area contributed by atoms with Crippen molar-refractivity contribution < 1.29 is 0 Å². The van der Waals surface area contributed by atoms with Gasteiger partial charge in [0.05, 0.1) is 6.54 Å². The number of halogens is 1. The van der Waals surface area contributed by atoms with Crippen LogP contribution < -0.4 is 10.6 Å². The summed E-state index contributed by atoms with van der Waals surface area (Å²) in [5.74, 6) is 0. The monoisotopic (exact) mass is 336 g/mol. The van der Waals surface area contributed by atoms with Crippen LogP contribution in [0.15, 0.2) is 40.2 Å². The van der Waals surface area contributed by atoms with Gasteiger partial charge in [-0.1, -0.05) is 28.1 Å². The Labute approximate surface area is 126 Å². The lowest BCUT2D eigenvalue weighted by Gasteiger charge is -2.26. The molecule has 1 heterocycles. The van der Waals surface area contributed by atoms with Crippen LogP contribution in [0.1, 0.15) is 23.3 Å². The van der Waals surface area contributed by atoms with Gasteiger partial charge in [0.1, 0.15) is 0 Å². The number of anilines is 1. The second-order valence-electron chi connectivity index (χ2n) is 4.92. The van der Waals surface area contributed by atoms with E-state index in [2.05, 4.69) is 56.5 Å². The standard InChI is InChI=1S/C15H17BrN2S/c16-12-4-3-11(9-17)15(8-12)18(13-5-6-13)10-14-2-1-7-19-14/h1-4,7-8,13H,5-6,9-10,17H2. The summed E-state index contributed by atoms with van der Waals surface area (Å²) in [5, 5.41) is 2.14. The maximum Gasteiger partial charge on any atom is 0.0526 e. The number of rotatable bonds is 5. The van der Waals surface area contributed by atoms with Crippen molar-refractivity contribution in [3.63, 3.8) is 0 Å². The molecule has 2 N–H and O–H groups in total. The van der Waals surface area contributed by atoms with Crippen LogP contribution in [-0.4, -0.2) is 6.04 Å². The molecular weight excluding hydrogens is 320 g/mol. The fourth-order valence-electron chi connectivity index (χ4n) is 2.34. The van der Waals surface area contributed by atoms with Gasteiger partial charge in [0.25, 0.3) is 0 Å². The van der Waals surface area contributed by atoms with Crippen molar-refractivity contribution in [1.82, 2.24) is 0 Å². The van der Waals surface area contributed by atoms with Gasteiger partial charge in [-0.05, 0) is 42.0 Å². The number of nitrogens with zero attached hydrogens (tertiary/aromatic N) is 1. The van der Waals surface area contributed by atoms with Crippen LogP contribution in [0.4, 0.5) is 5.69 Å². The molecule has 1 aromatic heterocycles. The Bertz CT molecular complexity index is 549. The number of hydrogen-bond donors (Lipinski definition) is 1. The van der Waals surface area contributed by atoms with Crippen LogP contribution in [0, 0.1) is 0 Å². The molecule has 2 aromatic rings. The van der Waals surface area contributed by atoms with Crippen molar-refractivity contribution in [3.8, 4) is 0 Å². The van der Waals surface area contributed by atoms with Crippen LogP contribution >= 0.6 is 27.3 Å². The highest BCUT2D eigenvalue weighted by Gasteiger charge is 2.30. The van der Waals surface area contributed by atoms with Gasteiger partial charge in [-0.2, -0.15) is 0 Å². The summed E-state index contributed by atoms with van der Waals surface area (Å²) in [5.41, 5.74) is 8.41. The summed E-state index contributed by atoms with van der Waals surface area (Å²) in [7, 11) is 0. The molecule has 0 spiro atoms. The van der Waals surface area contributed by atoms with Crippen molar-refractivity contribution in [2.45, 2.75) is 32.0 Å². The van der Waals surface area contributed by atoms with Crippen LogP contribution in [-0.2, 0) is 13.1 Å². The third-order valence-electron chi connectivity index (χ3n) is 3.47. The first kappa shape index (κ1) is 13.2. The van der Waals surface area contributed by atoms with Gasteiger partial charge < -0.3 is 10.6 Å². The van der Waals surface area contributed by atoms with Gasteiger partial charge in [0.2, 0.25) is 0 Å². The average molecular weight is 337 g/mol. The van der Waals surface area contributed by atoms with Crippen molar-refractivity contribution >= 4 is 33.0 Å². The van der Waals surface area contributed by atoms with Gasteiger partial charge in [-0.25, -0.2) is 0 Å². The number of thiophene rings is 1. The first-order chi connectivity index (χ1) is 9.28. The third-order valence-corrected chi connectivity index (χ3v) is 4.83. The quantitative estimate of drug-likeness (QED) is 0.889. The Morgan fingerprint density at radius 3 is 2.79 bits per heavy atom. The van der Waals surface area contributed by atoms with E-state index in [9.17, 15) is 0 Å². The summed E-state index contributed by atoms with van der Waals surface area (Å²) in [6.07, 6.45) is 2.59. The molecule has 0 amide bonds. The molecule has 0 unspecified atom stereocenters. The molecule has 2 nitrogen and oxygen atoms in total. The Morgan fingerprint density at radius 1 is 1.32 bits per heavy atom. The first-order valence-corrected chi connectivity index (χ1v) is 8.22. The fraction of sp³-hybridized carbons (Fsp3) is 0.333. The summed E-state index contributed by atoms with van der Waals surface area (Å²) in [6.45, 7) is 1.59. The van der Waals surface area contributed by atoms with Gasteiger partial charge in [-0.15, -0.1) is 11.3 Å². The molecule has 0 aliphatic heterocycles. The molecule has 1 aliphatic rings. The van der Waals surface area contributed by atoms with Crippen molar-refractivity contribution in [3.05, 3.63) is 50.6 Å². The summed E-state index contributed by atoms with van der Waals surface area (Å²) < 4.78 is 1.12. The molecule has 1 aliphatic carbocycles. The van der Waals surface area contributed by atoms with E-state index in [0.717, 1.165) is 11.0 Å². The van der Waals surface area contributed by atoms with E-state index >= 15 is 0 Å². The maximum atomic E-state index is 5.89. The minimum Gasteiger partial charge on any atom is -0.363 e. The van der Waals surface area contributed by atoms with E-state index in [1.165, 1.54) is 29.0 Å². The van der Waals surface area contributed by atoms with Crippen molar-refractivity contribution in [2.75, 3.05) is 4.90 Å². The van der Waals surface area contributed by atoms with Crippen LogP contribution in [0.5, 0.6) is 0 Å². The zero-order valence-electron chi connectivity index (χ0n) is 10.7. The lowest BCUT2D eigenvalue weighted by atomic mass is 10.1. The first-order valence-electron chi connectivity index (χ1n) is 6.55. The average Bonchev–Trinajstić information content (AvgIpc) is 3.13. The lowest BCUT2D eigenvalue weighted by molar-refractivity contribution is 0.794. The highest BCUT2D eigenvalue weighted by atomic mass is 79.9. The Hall–Kier alpha value is -0.840. The molecule has 0 saturated heterocycles. The smallest absolute Gasteiger partial charge is 0.0526 e. The van der Waals surface area contributed by atoms with Crippen molar-refractivity contribution in [1.29, 1.82) is 0 Å². The SMILES string of the molecule is NCc1ccc(Br)cc1N(Cc1cccs1)C1CC1. The molecule has 0 radical (unpaired) electrons.